The third-order valence-corrected chi connectivity index (χ3v) is 12.0. The molecule has 1 aromatic heterocycles. The molecule has 0 bridgehead atoms. The second kappa shape index (κ2) is 14.6. The summed E-state index contributed by atoms with van der Waals surface area (Å²) in [6.45, 7) is 0. The van der Waals surface area contributed by atoms with Crippen LogP contribution in [-0.4, -0.2) is 23.5 Å². The lowest BCUT2D eigenvalue weighted by molar-refractivity contribution is 0.152. The van der Waals surface area contributed by atoms with Crippen LogP contribution in [0.3, 0.4) is 0 Å². The van der Waals surface area contributed by atoms with Crippen molar-refractivity contribution in [3.8, 4) is 11.1 Å². The highest BCUT2D eigenvalue weighted by Crippen LogP contribution is 2.44. The highest BCUT2D eigenvalue weighted by atomic mass is 32.1. The molecule has 0 saturated heterocycles. The third kappa shape index (κ3) is 6.29. The first-order valence-electron chi connectivity index (χ1n) is 19.1. The van der Waals surface area contributed by atoms with Crippen molar-refractivity contribution in [2.45, 2.75) is 18.5 Å². The second-order valence-corrected chi connectivity index (χ2v) is 15.4. The average Bonchev–Trinajstić information content (AvgIpc) is 3.67. The maximum Gasteiger partial charge on any atom is 0.145 e. The molecule has 3 heterocycles. The highest BCUT2D eigenvalue weighted by Gasteiger charge is 2.32. The molecule has 2 aliphatic heterocycles. The predicted octanol–water partition coefficient (Wildman–Crippen LogP) is 11.5. The Kier molecular flexibility index (Phi) is 8.83. The maximum atomic E-state index is 5.45. The summed E-state index contributed by atoms with van der Waals surface area (Å²) in [5.41, 5.74) is 11.2. The molecular weight excluding hydrogens is 703 g/mol. The van der Waals surface area contributed by atoms with Crippen LogP contribution in [0, 0.1) is 0 Å². The van der Waals surface area contributed by atoms with Crippen LogP contribution in [0.15, 0.2) is 198 Å². The van der Waals surface area contributed by atoms with Crippen LogP contribution in [0.1, 0.15) is 51.9 Å². The first kappa shape index (κ1) is 33.9. The van der Waals surface area contributed by atoms with Crippen molar-refractivity contribution < 1.29 is 0 Å². The molecule has 2 N–H and O–H groups in total. The fourth-order valence-corrected chi connectivity index (χ4v) is 9.28. The van der Waals surface area contributed by atoms with Crippen molar-refractivity contribution in [2.24, 2.45) is 9.98 Å². The Morgan fingerprint density at radius 1 is 0.536 bits per heavy atom. The molecule has 0 amide bonds. The van der Waals surface area contributed by atoms with Gasteiger partial charge >= 0.3 is 0 Å². The Morgan fingerprint density at radius 3 is 1.89 bits per heavy atom. The molecule has 270 valence electrons. The Hall–Kier alpha value is -6.60. The molecule has 0 spiro atoms. The van der Waals surface area contributed by atoms with Crippen LogP contribution in [0.25, 0.3) is 37.0 Å². The van der Waals surface area contributed by atoms with E-state index in [9.17, 15) is 0 Å². The largest absolute Gasteiger partial charge is 0.360 e. The minimum absolute atomic E-state index is 0.0613. The highest BCUT2D eigenvalue weighted by molar-refractivity contribution is 7.26. The molecule has 5 nitrogen and oxygen atoms in total. The number of hydrogen-bond acceptors (Lipinski definition) is 6. The number of rotatable bonds is 7. The number of hydrogen-bond donors (Lipinski definition) is 2. The number of nitrogens with zero attached hydrogens (tertiary/aromatic N) is 3. The maximum absolute atomic E-state index is 5.45. The van der Waals surface area contributed by atoms with Gasteiger partial charge in [-0.1, -0.05) is 164 Å². The summed E-state index contributed by atoms with van der Waals surface area (Å²) in [5, 5.41) is 10.1. The summed E-state index contributed by atoms with van der Waals surface area (Å²) >= 11 is 1.84. The zero-order valence-electron chi connectivity index (χ0n) is 30.9. The molecule has 0 fully saturated rings. The number of nitrogens with one attached hydrogen (secondary N) is 2. The molecule has 2 aliphatic rings. The number of amidine groups is 1. The van der Waals surface area contributed by atoms with E-state index in [1.807, 2.05) is 17.4 Å². The monoisotopic (exact) mass is 741 g/mol. The number of benzene rings is 7. The standard InChI is InChI=1S/C50H39N5S/c1-55-49(35-21-10-4-11-22-35)53-48(54-50(55)36-23-12-5-13-24-36)41-30-29-39(45-40-27-14-15-28-44(40)56-46(41)45)37-25-16-26-38(31-37)47-51-42(33-17-6-2-7-18-33)32-43(52-47)34-19-8-3-9-20-34/h2-32,47,49-51H,1H3,(H,53,54). The van der Waals surface area contributed by atoms with Crippen LogP contribution in [0.2, 0.25) is 0 Å². The summed E-state index contributed by atoms with van der Waals surface area (Å²) in [6.07, 6.45) is 1.68. The molecule has 3 atom stereocenters. The van der Waals surface area contributed by atoms with Crippen LogP contribution in [0.4, 0.5) is 0 Å². The van der Waals surface area contributed by atoms with Crippen molar-refractivity contribution in [3.05, 3.63) is 221 Å². The van der Waals surface area contributed by atoms with E-state index in [2.05, 4.69) is 205 Å². The third-order valence-electron chi connectivity index (χ3n) is 10.8. The summed E-state index contributed by atoms with van der Waals surface area (Å²) in [6, 6.07) is 64.4. The average molecular weight is 742 g/mol. The van der Waals surface area contributed by atoms with Gasteiger partial charge in [0.05, 0.1) is 5.71 Å². The molecule has 8 aromatic rings. The quantitative estimate of drug-likeness (QED) is 0.171. The van der Waals surface area contributed by atoms with Gasteiger partial charge in [0.1, 0.15) is 24.3 Å². The molecule has 0 saturated carbocycles. The van der Waals surface area contributed by atoms with Gasteiger partial charge in [0.2, 0.25) is 0 Å². The van der Waals surface area contributed by atoms with Gasteiger partial charge in [-0.05, 0) is 70.3 Å². The number of thiophene rings is 1. The zero-order chi connectivity index (χ0) is 37.4. The molecule has 0 radical (unpaired) electrons. The minimum Gasteiger partial charge on any atom is -0.360 e. The van der Waals surface area contributed by atoms with Crippen LogP contribution < -0.4 is 10.6 Å². The van der Waals surface area contributed by atoms with E-state index in [1.165, 1.54) is 31.3 Å². The van der Waals surface area contributed by atoms with Crippen molar-refractivity contribution in [1.82, 2.24) is 15.5 Å². The Bertz CT molecular complexity index is 2770. The topological polar surface area (TPSA) is 52.0 Å². The molecule has 3 unspecified atom stereocenters. The minimum atomic E-state index is -0.262. The van der Waals surface area contributed by atoms with Gasteiger partial charge in [0.15, 0.2) is 0 Å². The number of fused-ring (bicyclic) bond motifs is 3. The first-order chi connectivity index (χ1) is 27.7. The SMILES string of the molecule is CN1C(c2ccccc2)N=C(c2ccc(-c3cccc(C4N=C(c5ccccc5)C=C(c5ccccc5)N4)c3)c3c2sc2ccccc23)NC1c1ccccc1. The van der Waals surface area contributed by atoms with Gasteiger partial charge in [-0.2, -0.15) is 0 Å². The summed E-state index contributed by atoms with van der Waals surface area (Å²) in [7, 11) is 2.15. The van der Waals surface area contributed by atoms with Gasteiger partial charge in [0, 0.05) is 31.4 Å². The Morgan fingerprint density at radius 2 is 1.14 bits per heavy atom. The van der Waals surface area contributed by atoms with Gasteiger partial charge in [-0.25, -0.2) is 4.99 Å². The lowest BCUT2D eigenvalue weighted by Gasteiger charge is -2.39. The van der Waals surface area contributed by atoms with Gasteiger partial charge in [-0.15, -0.1) is 11.3 Å². The Labute approximate surface area is 331 Å². The molecule has 10 rings (SSSR count). The molecule has 6 heteroatoms. The van der Waals surface area contributed by atoms with Crippen molar-refractivity contribution in [3.63, 3.8) is 0 Å². The normalized spacial score (nSPS) is 18.4. The fourth-order valence-electron chi connectivity index (χ4n) is 8.03. The first-order valence-corrected chi connectivity index (χ1v) is 19.9. The van der Waals surface area contributed by atoms with Crippen molar-refractivity contribution in [2.75, 3.05) is 7.05 Å². The van der Waals surface area contributed by atoms with E-state index in [0.29, 0.717) is 0 Å². The molecule has 7 aromatic carbocycles. The van der Waals surface area contributed by atoms with E-state index in [-0.39, 0.29) is 18.5 Å². The fraction of sp³-hybridized carbons (Fsp3) is 0.0800. The van der Waals surface area contributed by atoms with Crippen LogP contribution in [-0.2, 0) is 0 Å². The van der Waals surface area contributed by atoms with Crippen LogP contribution >= 0.6 is 11.3 Å². The van der Waals surface area contributed by atoms with Crippen molar-refractivity contribution >= 4 is 48.8 Å². The van der Waals surface area contributed by atoms with Gasteiger partial charge in [-0.3, -0.25) is 9.89 Å². The van der Waals surface area contributed by atoms with E-state index in [1.54, 1.807) is 0 Å². The van der Waals surface area contributed by atoms with E-state index >= 15 is 0 Å². The molecular formula is C50H39N5S. The zero-order valence-corrected chi connectivity index (χ0v) is 31.7. The van der Waals surface area contributed by atoms with Crippen molar-refractivity contribution in [1.29, 1.82) is 0 Å². The summed E-state index contributed by atoms with van der Waals surface area (Å²) < 4.78 is 2.47. The Balaban J connectivity index is 1.10. The number of allylic oxidation sites excluding steroid dienone is 1. The molecule has 0 aliphatic carbocycles. The predicted molar refractivity (Wildman–Crippen MR) is 234 cm³/mol. The van der Waals surface area contributed by atoms with Crippen LogP contribution in [0.5, 0.6) is 0 Å². The molecule has 56 heavy (non-hydrogen) atoms. The second-order valence-electron chi connectivity index (χ2n) is 14.3. The smallest absolute Gasteiger partial charge is 0.145 e. The lowest BCUT2D eigenvalue weighted by atomic mass is 9.94. The van der Waals surface area contributed by atoms with E-state index in [4.69, 9.17) is 9.98 Å². The van der Waals surface area contributed by atoms with E-state index in [0.717, 1.165) is 50.6 Å². The van der Waals surface area contributed by atoms with Gasteiger partial charge in [0.25, 0.3) is 0 Å². The van der Waals surface area contributed by atoms with Gasteiger partial charge < -0.3 is 10.6 Å². The lowest BCUT2D eigenvalue weighted by Crippen LogP contribution is -2.45. The summed E-state index contributed by atoms with van der Waals surface area (Å²) in [4.78, 5) is 13.1. The summed E-state index contributed by atoms with van der Waals surface area (Å²) in [5.74, 6) is 0.900. The van der Waals surface area contributed by atoms with E-state index < -0.39 is 0 Å². The number of aliphatic imine (C=N–C) groups is 2.